The van der Waals surface area contributed by atoms with E-state index in [-0.39, 0.29) is 5.91 Å². The fraction of sp³-hybridized carbons (Fsp3) is 0.417. The number of anilines is 1. The molecule has 1 aromatic carbocycles. The maximum Gasteiger partial charge on any atom is 0.224 e. The third-order valence-corrected chi connectivity index (χ3v) is 4.09. The standard InChI is InChI=1S/C12H15Br3N2O/c13-8-6-9(14)12(10(15)7-8)17-11(18)4-2-1-3-5-16/h6-7H,1-5,16H2,(H,17,18). The fourth-order valence-corrected chi connectivity index (χ4v) is 3.93. The number of nitrogens with two attached hydrogens (primary N) is 1. The number of rotatable bonds is 6. The highest BCUT2D eigenvalue weighted by atomic mass is 79.9. The lowest BCUT2D eigenvalue weighted by Crippen LogP contribution is -2.12. The molecule has 0 heterocycles. The third kappa shape index (κ3) is 5.38. The van der Waals surface area contributed by atoms with E-state index in [1.165, 1.54) is 0 Å². The second-order valence-electron chi connectivity index (χ2n) is 3.89. The summed E-state index contributed by atoms with van der Waals surface area (Å²) in [5.74, 6) is 0.0238. The van der Waals surface area contributed by atoms with E-state index in [1.54, 1.807) is 0 Å². The Balaban J connectivity index is 2.54. The van der Waals surface area contributed by atoms with Crippen LogP contribution in [0.2, 0.25) is 0 Å². The van der Waals surface area contributed by atoms with Crippen molar-refractivity contribution in [3.8, 4) is 0 Å². The van der Waals surface area contributed by atoms with Crippen LogP contribution in [0.25, 0.3) is 0 Å². The van der Waals surface area contributed by atoms with Crippen LogP contribution in [0, 0.1) is 0 Å². The number of nitrogens with one attached hydrogen (secondary N) is 1. The van der Waals surface area contributed by atoms with Gasteiger partial charge in [0.15, 0.2) is 0 Å². The summed E-state index contributed by atoms with van der Waals surface area (Å²) in [6, 6.07) is 3.80. The van der Waals surface area contributed by atoms with E-state index in [1.807, 2.05) is 12.1 Å². The highest BCUT2D eigenvalue weighted by Gasteiger charge is 2.10. The summed E-state index contributed by atoms with van der Waals surface area (Å²) >= 11 is 10.2. The molecule has 0 saturated heterocycles. The van der Waals surface area contributed by atoms with Crippen LogP contribution in [-0.2, 0) is 4.79 Å². The van der Waals surface area contributed by atoms with Crippen LogP contribution in [0.4, 0.5) is 5.69 Å². The summed E-state index contributed by atoms with van der Waals surface area (Å²) < 4.78 is 2.64. The number of amides is 1. The molecule has 0 radical (unpaired) electrons. The van der Waals surface area contributed by atoms with Crippen molar-refractivity contribution in [1.29, 1.82) is 0 Å². The van der Waals surface area contributed by atoms with Crippen molar-refractivity contribution in [3.05, 3.63) is 25.6 Å². The predicted octanol–water partition coefficient (Wildman–Crippen LogP) is 4.43. The summed E-state index contributed by atoms with van der Waals surface area (Å²) in [5.41, 5.74) is 6.17. The molecule has 3 N–H and O–H groups in total. The van der Waals surface area contributed by atoms with E-state index < -0.39 is 0 Å². The zero-order valence-corrected chi connectivity index (χ0v) is 14.6. The third-order valence-electron chi connectivity index (χ3n) is 2.38. The zero-order valence-electron chi connectivity index (χ0n) is 9.81. The fourth-order valence-electron chi connectivity index (χ4n) is 1.47. The normalized spacial score (nSPS) is 10.4. The average molecular weight is 443 g/mol. The average Bonchev–Trinajstić information content (AvgIpc) is 2.29. The topological polar surface area (TPSA) is 55.1 Å². The van der Waals surface area contributed by atoms with Gasteiger partial charge in [0.2, 0.25) is 5.91 Å². The van der Waals surface area contributed by atoms with E-state index >= 15 is 0 Å². The van der Waals surface area contributed by atoms with E-state index in [2.05, 4.69) is 53.1 Å². The minimum atomic E-state index is 0.0238. The van der Waals surface area contributed by atoms with Gasteiger partial charge in [0.25, 0.3) is 0 Å². The van der Waals surface area contributed by atoms with Crippen molar-refractivity contribution in [1.82, 2.24) is 0 Å². The van der Waals surface area contributed by atoms with Crippen LogP contribution in [-0.4, -0.2) is 12.5 Å². The maximum atomic E-state index is 11.8. The van der Waals surface area contributed by atoms with Gasteiger partial charge in [-0.25, -0.2) is 0 Å². The molecular weight excluding hydrogens is 428 g/mol. The number of carbonyl (C=O) groups is 1. The molecule has 100 valence electrons. The molecule has 6 heteroatoms. The van der Waals surface area contributed by atoms with E-state index in [0.29, 0.717) is 13.0 Å². The molecule has 3 nitrogen and oxygen atoms in total. The summed E-state index contributed by atoms with van der Waals surface area (Å²) in [5, 5.41) is 2.90. The summed E-state index contributed by atoms with van der Waals surface area (Å²) in [6.45, 7) is 0.686. The number of benzene rings is 1. The Morgan fingerprint density at radius 1 is 1.11 bits per heavy atom. The molecular formula is C12H15Br3N2O. The number of hydrogen-bond acceptors (Lipinski definition) is 2. The predicted molar refractivity (Wildman–Crippen MR) is 85.7 cm³/mol. The van der Waals surface area contributed by atoms with Gasteiger partial charge < -0.3 is 11.1 Å². The van der Waals surface area contributed by atoms with Crippen molar-refractivity contribution in [3.63, 3.8) is 0 Å². The molecule has 0 aliphatic rings. The molecule has 0 spiro atoms. The van der Waals surface area contributed by atoms with Gasteiger partial charge in [0.1, 0.15) is 0 Å². The Hall–Kier alpha value is 0.0900. The van der Waals surface area contributed by atoms with Crippen molar-refractivity contribution >= 4 is 59.4 Å². The van der Waals surface area contributed by atoms with Crippen molar-refractivity contribution in [2.24, 2.45) is 5.73 Å². The van der Waals surface area contributed by atoms with Crippen LogP contribution >= 0.6 is 47.8 Å². The SMILES string of the molecule is NCCCCCC(=O)Nc1c(Br)cc(Br)cc1Br. The van der Waals surface area contributed by atoms with Crippen molar-refractivity contribution < 1.29 is 4.79 Å². The number of carbonyl (C=O) groups excluding carboxylic acids is 1. The molecule has 1 amide bonds. The molecule has 0 aliphatic heterocycles. The van der Waals surface area contributed by atoms with Gasteiger partial charge in [-0.15, -0.1) is 0 Å². The van der Waals surface area contributed by atoms with Crippen LogP contribution in [0.15, 0.2) is 25.6 Å². The summed E-state index contributed by atoms with van der Waals surface area (Å²) in [6.07, 6.45) is 3.36. The largest absolute Gasteiger partial charge is 0.330 e. The molecule has 0 aliphatic carbocycles. The lowest BCUT2D eigenvalue weighted by atomic mass is 10.2. The van der Waals surface area contributed by atoms with Gasteiger partial charge in [0.05, 0.1) is 5.69 Å². The highest BCUT2D eigenvalue weighted by Crippen LogP contribution is 2.34. The van der Waals surface area contributed by atoms with Gasteiger partial charge >= 0.3 is 0 Å². The molecule has 0 bridgehead atoms. The zero-order chi connectivity index (χ0) is 13.5. The van der Waals surface area contributed by atoms with Crippen LogP contribution in [0.3, 0.4) is 0 Å². The molecule has 0 fully saturated rings. The van der Waals surface area contributed by atoms with Crippen LogP contribution in [0.1, 0.15) is 25.7 Å². The molecule has 1 rings (SSSR count). The lowest BCUT2D eigenvalue weighted by molar-refractivity contribution is -0.116. The number of unbranched alkanes of at least 4 members (excludes halogenated alkanes) is 2. The Bertz CT molecular complexity index is 401. The monoisotopic (exact) mass is 440 g/mol. The van der Waals surface area contributed by atoms with Gasteiger partial charge in [-0.1, -0.05) is 22.4 Å². The van der Waals surface area contributed by atoms with Gasteiger partial charge in [-0.05, 0) is 63.4 Å². The van der Waals surface area contributed by atoms with Gasteiger partial charge in [-0.3, -0.25) is 4.79 Å². The smallest absolute Gasteiger partial charge is 0.224 e. The molecule has 0 unspecified atom stereocenters. The van der Waals surface area contributed by atoms with E-state index in [4.69, 9.17) is 5.73 Å². The highest BCUT2D eigenvalue weighted by molar-refractivity contribution is 9.11. The second kappa shape index (κ2) is 8.30. The Kier molecular flexibility index (Phi) is 7.44. The van der Waals surface area contributed by atoms with Crippen molar-refractivity contribution in [2.45, 2.75) is 25.7 Å². The van der Waals surface area contributed by atoms with Gasteiger partial charge in [-0.2, -0.15) is 0 Å². The number of halogens is 3. The lowest BCUT2D eigenvalue weighted by Gasteiger charge is -2.10. The van der Waals surface area contributed by atoms with Crippen LogP contribution < -0.4 is 11.1 Å². The molecule has 0 atom stereocenters. The Morgan fingerprint density at radius 2 is 1.72 bits per heavy atom. The number of hydrogen-bond donors (Lipinski definition) is 2. The van der Waals surface area contributed by atoms with Crippen LogP contribution in [0.5, 0.6) is 0 Å². The molecule has 0 aromatic heterocycles. The summed E-state index contributed by atoms with van der Waals surface area (Å²) in [4.78, 5) is 11.8. The first-order valence-corrected chi connectivity index (χ1v) is 8.07. The first kappa shape index (κ1) is 16.1. The van der Waals surface area contributed by atoms with E-state index in [0.717, 1.165) is 38.4 Å². The Morgan fingerprint density at radius 3 is 2.28 bits per heavy atom. The second-order valence-corrected chi connectivity index (χ2v) is 6.52. The van der Waals surface area contributed by atoms with Gasteiger partial charge in [0, 0.05) is 19.8 Å². The van der Waals surface area contributed by atoms with Crippen molar-refractivity contribution in [2.75, 3.05) is 11.9 Å². The quantitative estimate of drug-likeness (QED) is 0.640. The maximum absolute atomic E-state index is 11.8. The molecule has 0 saturated carbocycles. The Labute approximate surface area is 132 Å². The first-order valence-electron chi connectivity index (χ1n) is 5.69. The first-order chi connectivity index (χ1) is 8.54. The van der Waals surface area contributed by atoms with E-state index in [9.17, 15) is 4.79 Å². The minimum absolute atomic E-state index is 0.0238. The molecule has 1 aromatic rings. The summed E-state index contributed by atoms with van der Waals surface area (Å²) in [7, 11) is 0. The molecule has 18 heavy (non-hydrogen) atoms. The minimum Gasteiger partial charge on any atom is -0.330 e.